The van der Waals surface area contributed by atoms with Crippen molar-refractivity contribution in [1.29, 1.82) is 0 Å². The average molecular weight is 383 g/mol. The average Bonchev–Trinajstić information content (AvgIpc) is 3.14. The van der Waals surface area contributed by atoms with Crippen molar-refractivity contribution < 1.29 is 14.2 Å². The smallest absolute Gasteiger partial charge is 0.204 e. The van der Waals surface area contributed by atoms with Crippen LogP contribution in [-0.4, -0.2) is 26.3 Å². The van der Waals surface area contributed by atoms with Crippen molar-refractivity contribution in [2.45, 2.75) is 6.42 Å². The van der Waals surface area contributed by atoms with E-state index in [0.29, 0.717) is 17.2 Å². The molecule has 4 heteroatoms. The van der Waals surface area contributed by atoms with E-state index in [0.717, 1.165) is 34.1 Å². The Kier molecular flexibility index (Phi) is 4.13. The number of pyridine rings is 1. The van der Waals surface area contributed by atoms with Crippen LogP contribution in [0.2, 0.25) is 0 Å². The molecule has 29 heavy (non-hydrogen) atoms. The monoisotopic (exact) mass is 383 g/mol. The zero-order valence-electron chi connectivity index (χ0n) is 16.7. The van der Waals surface area contributed by atoms with Gasteiger partial charge < -0.3 is 14.2 Å². The summed E-state index contributed by atoms with van der Waals surface area (Å²) < 4.78 is 17.1. The number of ether oxygens (including phenoxy) is 3. The van der Waals surface area contributed by atoms with E-state index in [1.165, 1.54) is 16.7 Å². The van der Waals surface area contributed by atoms with Crippen LogP contribution in [0.3, 0.4) is 0 Å². The summed E-state index contributed by atoms with van der Waals surface area (Å²) in [6, 6.07) is 20.8. The van der Waals surface area contributed by atoms with Gasteiger partial charge in [-0.1, -0.05) is 54.6 Å². The zero-order valence-corrected chi connectivity index (χ0v) is 16.7. The fourth-order valence-electron chi connectivity index (χ4n) is 4.34. The lowest BCUT2D eigenvalue weighted by molar-refractivity contribution is 0.327. The second-order valence-corrected chi connectivity index (χ2v) is 7.05. The van der Waals surface area contributed by atoms with E-state index < -0.39 is 0 Å². The van der Waals surface area contributed by atoms with E-state index in [4.69, 9.17) is 19.2 Å². The molecule has 0 bridgehead atoms. The molecule has 0 aliphatic heterocycles. The molecule has 4 aromatic rings. The third-order valence-electron chi connectivity index (χ3n) is 5.58. The Bertz CT molecular complexity index is 1230. The van der Waals surface area contributed by atoms with E-state index in [2.05, 4.69) is 48.5 Å². The Labute approximate surface area is 169 Å². The van der Waals surface area contributed by atoms with Crippen molar-refractivity contribution in [3.8, 4) is 39.6 Å². The van der Waals surface area contributed by atoms with Crippen molar-refractivity contribution in [2.75, 3.05) is 21.3 Å². The molecule has 0 fully saturated rings. The Hall–Kier alpha value is -3.53. The zero-order chi connectivity index (χ0) is 20.0. The van der Waals surface area contributed by atoms with Crippen molar-refractivity contribution in [1.82, 2.24) is 4.98 Å². The first-order chi connectivity index (χ1) is 14.3. The van der Waals surface area contributed by atoms with Gasteiger partial charge in [-0.05, 0) is 16.7 Å². The minimum absolute atomic E-state index is 0.581. The highest BCUT2D eigenvalue weighted by atomic mass is 16.5. The molecule has 1 heterocycles. The van der Waals surface area contributed by atoms with E-state index in [9.17, 15) is 0 Å². The van der Waals surface area contributed by atoms with E-state index in [1.54, 1.807) is 21.3 Å². The van der Waals surface area contributed by atoms with Crippen LogP contribution in [0.4, 0.5) is 0 Å². The number of aromatic nitrogens is 1. The standard InChI is InChI=1S/C25H21NO3/c1-27-20-14-19-22(25(29-3)24(20)28-2)21(15-9-5-4-6-10-15)18-13-16-11-7-8-12-17(16)23(18)26-19/h4-12,14H,13H2,1-3H3. The second-order valence-electron chi connectivity index (χ2n) is 7.05. The molecule has 1 aliphatic carbocycles. The Morgan fingerprint density at radius 2 is 1.52 bits per heavy atom. The van der Waals surface area contributed by atoms with Gasteiger partial charge in [-0.2, -0.15) is 0 Å². The van der Waals surface area contributed by atoms with Gasteiger partial charge >= 0.3 is 0 Å². The van der Waals surface area contributed by atoms with Gasteiger partial charge in [0.15, 0.2) is 11.5 Å². The minimum Gasteiger partial charge on any atom is -0.493 e. The largest absolute Gasteiger partial charge is 0.493 e. The van der Waals surface area contributed by atoms with Crippen molar-refractivity contribution in [3.05, 3.63) is 71.8 Å². The lowest BCUT2D eigenvalue weighted by atomic mass is 9.93. The van der Waals surface area contributed by atoms with Gasteiger partial charge in [-0.25, -0.2) is 4.98 Å². The topological polar surface area (TPSA) is 40.6 Å². The second kappa shape index (κ2) is 6.82. The van der Waals surface area contributed by atoms with Crippen LogP contribution in [-0.2, 0) is 6.42 Å². The third kappa shape index (κ3) is 2.56. The molecule has 0 atom stereocenters. The number of rotatable bonds is 4. The van der Waals surface area contributed by atoms with Gasteiger partial charge in [0.05, 0.1) is 37.9 Å². The maximum absolute atomic E-state index is 5.85. The van der Waals surface area contributed by atoms with Gasteiger partial charge in [0, 0.05) is 23.6 Å². The van der Waals surface area contributed by atoms with Gasteiger partial charge in [0.1, 0.15) is 0 Å². The molecule has 0 amide bonds. The summed E-state index contributed by atoms with van der Waals surface area (Å²) >= 11 is 0. The first-order valence-corrected chi connectivity index (χ1v) is 9.56. The minimum atomic E-state index is 0.581. The molecule has 4 nitrogen and oxygen atoms in total. The summed E-state index contributed by atoms with van der Waals surface area (Å²) in [5.74, 6) is 1.83. The molecule has 1 aliphatic rings. The fraction of sp³-hybridized carbons (Fsp3) is 0.160. The van der Waals surface area contributed by atoms with Crippen molar-refractivity contribution in [2.24, 2.45) is 0 Å². The summed E-state index contributed by atoms with van der Waals surface area (Å²) in [5.41, 5.74) is 7.83. The molecule has 0 N–H and O–H groups in total. The van der Waals surface area contributed by atoms with Crippen LogP contribution >= 0.6 is 0 Å². The number of nitrogens with zero attached hydrogens (tertiary/aromatic N) is 1. The first kappa shape index (κ1) is 17.6. The normalized spacial score (nSPS) is 11.8. The van der Waals surface area contributed by atoms with Crippen LogP contribution in [0.15, 0.2) is 60.7 Å². The molecule has 144 valence electrons. The molecular weight excluding hydrogens is 362 g/mol. The Morgan fingerprint density at radius 1 is 0.793 bits per heavy atom. The van der Waals surface area contributed by atoms with E-state index in [1.807, 2.05) is 12.1 Å². The molecular formula is C25H21NO3. The maximum Gasteiger partial charge on any atom is 0.204 e. The quantitative estimate of drug-likeness (QED) is 0.411. The SMILES string of the molecule is COc1cc2nc3c(c(-c4ccccc4)c2c(OC)c1OC)Cc1ccccc1-3. The maximum atomic E-state index is 5.85. The summed E-state index contributed by atoms with van der Waals surface area (Å²) in [6.07, 6.45) is 0.843. The van der Waals surface area contributed by atoms with Crippen LogP contribution < -0.4 is 14.2 Å². The third-order valence-corrected chi connectivity index (χ3v) is 5.58. The van der Waals surface area contributed by atoms with Crippen LogP contribution in [0, 0.1) is 0 Å². The highest BCUT2D eigenvalue weighted by Gasteiger charge is 2.28. The van der Waals surface area contributed by atoms with Gasteiger partial charge in [-0.3, -0.25) is 0 Å². The van der Waals surface area contributed by atoms with Crippen LogP contribution in [0.1, 0.15) is 11.1 Å². The van der Waals surface area contributed by atoms with E-state index >= 15 is 0 Å². The Balaban J connectivity index is 1.97. The molecule has 3 aromatic carbocycles. The number of fused-ring (bicyclic) bond motifs is 4. The highest BCUT2D eigenvalue weighted by molar-refractivity contribution is 6.06. The molecule has 0 unspecified atom stereocenters. The van der Waals surface area contributed by atoms with Crippen molar-refractivity contribution in [3.63, 3.8) is 0 Å². The summed E-state index contributed by atoms with van der Waals surface area (Å²) in [7, 11) is 4.92. The number of benzene rings is 3. The Morgan fingerprint density at radius 3 is 2.24 bits per heavy atom. The summed E-state index contributed by atoms with van der Waals surface area (Å²) in [6.45, 7) is 0. The highest BCUT2D eigenvalue weighted by Crippen LogP contribution is 2.50. The fourth-order valence-corrected chi connectivity index (χ4v) is 4.34. The number of methoxy groups -OCH3 is 3. The van der Waals surface area contributed by atoms with Crippen LogP contribution in [0.5, 0.6) is 17.2 Å². The van der Waals surface area contributed by atoms with E-state index in [-0.39, 0.29) is 0 Å². The van der Waals surface area contributed by atoms with Crippen molar-refractivity contribution >= 4 is 10.9 Å². The molecule has 1 aromatic heterocycles. The molecule has 0 saturated heterocycles. The molecule has 5 rings (SSSR count). The predicted octanol–water partition coefficient (Wildman–Crippen LogP) is 5.50. The lowest BCUT2D eigenvalue weighted by Gasteiger charge is -2.19. The van der Waals surface area contributed by atoms with Gasteiger partial charge in [0.25, 0.3) is 0 Å². The lowest BCUT2D eigenvalue weighted by Crippen LogP contribution is -2.00. The summed E-state index contributed by atoms with van der Waals surface area (Å²) in [4.78, 5) is 5.06. The van der Waals surface area contributed by atoms with Gasteiger partial charge in [-0.15, -0.1) is 0 Å². The number of hydrogen-bond acceptors (Lipinski definition) is 4. The number of hydrogen-bond donors (Lipinski definition) is 0. The first-order valence-electron chi connectivity index (χ1n) is 9.56. The van der Waals surface area contributed by atoms with Crippen LogP contribution in [0.25, 0.3) is 33.3 Å². The van der Waals surface area contributed by atoms with Gasteiger partial charge in [0.2, 0.25) is 5.75 Å². The molecule has 0 radical (unpaired) electrons. The molecule has 0 spiro atoms. The predicted molar refractivity (Wildman–Crippen MR) is 115 cm³/mol. The molecule has 0 saturated carbocycles. The summed E-state index contributed by atoms with van der Waals surface area (Å²) in [5, 5.41) is 0.947.